The standard InChI is InChI=1S/C9H9N3O3S/c1-6-2-4-7(5-3-6)8-10-9(12-11-8)16(13,14)15/h2-5H,1H3,(H,10,11,12)(H,13,14,15). The van der Waals surface area contributed by atoms with Crippen LogP contribution in [0.25, 0.3) is 11.4 Å². The molecule has 2 N–H and O–H groups in total. The van der Waals surface area contributed by atoms with E-state index >= 15 is 0 Å². The molecule has 0 aliphatic rings. The summed E-state index contributed by atoms with van der Waals surface area (Å²) in [4.78, 5) is 3.68. The first-order chi connectivity index (χ1) is 7.47. The maximum absolute atomic E-state index is 10.7. The summed E-state index contributed by atoms with van der Waals surface area (Å²) in [5, 5.41) is 5.24. The van der Waals surface area contributed by atoms with E-state index in [4.69, 9.17) is 4.55 Å². The van der Waals surface area contributed by atoms with Crippen LogP contribution in [0.3, 0.4) is 0 Å². The SMILES string of the molecule is Cc1ccc(-c2nc(S(=O)(=O)O)n[nH]2)cc1. The quantitative estimate of drug-likeness (QED) is 0.763. The van der Waals surface area contributed by atoms with E-state index in [0.29, 0.717) is 11.4 Å². The van der Waals surface area contributed by atoms with Gasteiger partial charge in [0.05, 0.1) is 0 Å². The highest BCUT2D eigenvalue weighted by molar-refractivity contribution is 7.85. The van der Waals surface area contributed by atoms with Crippen molar-refractivity contribution in [3.05, 3.63) is 29.8 Å². The zero-order chi connectivity index (χ0) is 11.8. The number of hydrogen-bond acceptors (Lipinski definition) is 4. The molecule has 0 aliphatic carbocycles. The van der Waals surface area contributed by atoms with E-state index in [0.717, 1.165) is 5.56 Å². The van der Waals surface area contributed by atoms with Gasteiger partial charge in [0.2, 0.25) is 0 Å². The van der Waals surface area contributed by atoms with Crippen molar-refractivity contribution in [1.82, 2.24) is 15.2 Å². The summed E-state index contributed by atoms with van der Waals surface area (Å²) < 4.78 is 30.2. The van der Waals surface area contributed by atoms with Crippen LogP contribution in [0.5, 0.6) is 0 Å². The van der Waals surface area contributed by atoms with Crippen LogP contribution in [0.2, 0.25) is 0 Å². The number of H-pyrrole nitrogens is 1. The lowest BCUT2D eigenvalue weighted by molar-refractivity contribution is 0.475. The van der Waals surface area contributed by atoms with Crippen LogP contribution in [0.15, 0.2) is 29.4 Å². The second kappa shape index (κ2) is 3.69. The summed E-state index contributed by atoms with van der Waals surface area (Å²) in [6, 6.07) is 7.29. The highest BCUT2D eigenvalue weighted by atomic mass is 32.2. The van der Waals surface area contributed by atoms with Crippen molar-refractivity contribution in [2.75, 3.05) is 0 Å². The van der Waals surface area contributed by atoms with E-state index in [1.807, 2.05) is 19.1 Å². The van der Waals surface area contributed by atoms with Crippen molar-refractivity contribution >= 4 is 10.1 Å². The Labute approximate surface area is 92.1 Å². The number of benzene rings is 1. The van der Waals surface area contributed by atoms with Crippen LogP contribution < -0.4 is 0 Å². The van der Waals surface area contributed by atoms with E-state index in [2.05, 4.69) is 15.2 Å². The lowest BCUT2D eigenvalue weighted by atomic mass is 10.1. The van der Waals surface area contributed by atoms with Crippen molar-refractivity contribution in [2.45, 2.75) is 12.1 Å². The molecule has 1 aromatic carbocycles. The number of nitrogens with one attached hydrogen (secondary N) is 1. The molecule has 0 spiro atoms. The monoisotopic (exact) mass is 239 g/mol. The van der Waals surface area contributed by atoms with E-state index in [1.54, 1.807) is 12.1 Å². The Morgan fingerprint density at radius 3 is 2.38 bits per heavy atom. The Kier molecular flexibility index (Phi) is 2.49. The molecule has 7 heteroatoms. The van der Waals surface area contributed by atoms with Crippen molar-refractivity contribution in [3.8, 4) is 11.4 Å². The molecule has 84 valence electrons. The fourth-order valence-electron chi connectivity index (χ4n) is 1.20. The average molecular weight is 239 g/mol. The van der Waals surface area contributed by atoms with E-state index in [1.165, 1.54) is 0 Å². The van der Waals surface area contributed by atoms with Gasteiger partial charge in [-0.2, -0.15) is 13.4 Å². The Morgan fingerprint density at radius 2 is 1.88 bits per heavy atom. The summed E-state index contributed by atoms with van der Waals surface area (Å²) in [6.45, 7) is 1.94. The van der Waals surface area contributed by atoms with Gasteiger partial charge in [0.15, 0.2) is 5.82 Å². The molecule has 16 heavy (non-hydrogen) atoms. The molecule has 1 aromatic heterocycles. The van der Waals surface area contributed by atoms with E-state index in [-0.39, 0.29) is 0 Å². The Morgan fingerprint density at radius 1 is 1.25 bits per heavy atom. The van der Waals surface area contributed by atoms with Crippen LogP contribution in [0, 0.1) is 6.92 Å². The third kappa shape index (κ3) is 2.10. The van der Waals surface area contributed by atoms with Crippen LogP contribution in [0.1, 0.15) is 5.56 Å². The van der Waals surface area contributed by atoms with Crippen LogP contribution >= 0.6 is 0 Å². The molecule has 0 amide bonds. The van der Waals surface area contributed by atoms with Gasteiger partial charge < -0.3 is 0 Å². The van der Waals surface area contributed by atoms with Crippen molar-refractivity contribution in [1.29, 1.82) is 0 Å². The number of aromatic amines is 1. The molecular weight excluding hydrogens is 230 g/mol. The van der Waals surface area contributed by atoms with Gasteiger partial charge in [0, 0.05) is 5.56 Å². The van der Waals surface area contributed by atoms with Gasteiger partial charge in [-0.15, -0.1) is 5.10 Å². The van der Waals surface area contributed by atoms with Gasteiger partial charge in [0.25, 0.3) is 5.16 Å². The molecule has 0 unspecified atom stereocenters. The molecule has 0 saturated heterocycles. The fourth-order valence-corrected chi connectivity index (χ4v) is 1.57. The second-order valence-electron chi connectivity index (χ2n) is 3.31. The highest BCUT2D eigenvalue weighted by Crippen LogP contribution is 2.16. The number of aryl methyl sites for hydroxylation is 1. The summed E-state index contributed by atoms with van der Waals surface area (Å²) in [5.74, 6) is 0.299. The van der Waals surface area contributed by atoms with Gasteiger partial charge in [-0.1, -0.05) is 29.8 Å². The summed E-state index contributed by atoms with van der Waals surface area (Å²) in [6.07, 6.45) is 0. The first-order valence-corrected chi connectivity index (χ1v) is 5.88. The third-order valence-electron chi connectivity index (χ3n) is 2.02. The van der Waals surface area contributed by atoms with Crippen molar-refractivity contribution in [2.24, 2.45) is 0 Å². The summed E-state index contributed by atoms with van der Waals surface area (Å²) in [5.41, 5.74) is 1.78. The van der Waals surface area contributed by atoms with Gasteiger partial charge >= 0.3 is 10.1 Å². The summed E-state index contributed by atoms with van der Waals surface area (Å²) >= 11 is 0. The number of aromatic nitrogens is 3. The predicted octanol–water partition coefficient (Wildman–Crippen LogP) is 1.03. The fraction of sp³-hybridized carbons (Fsp3) is 0.111. The molecule has 2 aromatic rings. The van der Waals surface area contributed by atoms with Crippen molar-refractivity contribution in [3.63, 3.8) is 0 Å². The molecule has 0 fully saturated rings. The number of rotatable bonds is 2. The van der Waals surface area contributed by atoms with Gasteiger partial charge in [-0.3, -0.25) is 9.65 Å². The maximum atomic E-state index is 10.7. The zero-order valence-corrected chi connectivity index (χ0v) is 9.19. The third-order valence-corrected chi connectivity index (χ3v) is 2.66. The van der Waals surface area contributed by atoms with Gasteiger partial charge in [0.1, 0.15) is 0 Å². The average Bonchev–Trinajstić information content (AvgIpc) is 2.67. The minimum atomic E-state index is -4.35. The molecule has 1 heterocycles. The second-order valence-corrected chi connectivity index (χ2v) is 4.62. The minimum Gasteiger partial charge on any atom is -0.279 e. The lowest BCUT2D eigenvalue weighted by Gasteiger charge is -1.95. The molecule has 2 rings (SSSR count). The van der Waals surface area contributed by atoms with Crippen molar-refractivity contribution < 1.29 is 13.0 Å². The van der Waals surface area contributed by atoms with Gasteiger partial charge in [-0.05, 0) is 6.92 Å². The molecule has 0 radical (unpaired) electrons. The normalized spacial score (nSPS) is 11.6. The molecule has 0 saturated carbocycles. The largest absolute Gasteiger partial charge is 0.332 e. The predicted molar refractivity (Wildman–Crippen MR) is 56.4 cm³/mol. The minimum absolute atomic E-state index is 0.299. The van der Waals surface area contributed by atoms with Crippen LogP contribution in [0.4, 0.5) is 0 Å². The smallest absolute Gasteiger partial charge is 0.279 e. The van der Waals surface area contributed by atoms with E-state index in [9.17, 15) is 8.42 Å². The molecule has 0 aliphatic heterocycles. The lowest BCUT2D eigenvalue weighted by Crippen LogP contribution is -2.00. The zero-order valence-electron chi connectivity index (χ0n) is 8.38. The first-order valence-electron chi connectivity index (χ1n) is 4.44. The number of nitrogens with zero attached hydrogens (tertiary/aromatic N) is 2. The molecule has 0 atom stereocenters. The maximum Gasteiger partial charge on any atom is 0.332 e. The molecule has 0 bridgehead atoms. The van der Waals surface area contributed by atoms with Gasteiger partial charge in [-0.25, -0.2) is 0 Å². The Hall–Kier alpha value is -1.73. The Balaban J connectivity index is 2.43. The molecular formula is C9H9N3O3S. The highest BCUT2D eigenvalue weighted by Gasteiger charge is 2.16. The molecule has 6 nitrogen and oxygen atoms in total. The first kappa shape index (κ1) is 10.8. The topological polar surface area (TPSA) is 95.9 Å². The summed E-state index contributed by atoms with van der Waals surface area (Å²) in [7, 11) is -4.35. The van der Waals surface area contributed by atoms with Crippen LogP contribution in [-0.4, -0.2) is 28.2 Å². The van der Waals surface area contributed by atoms with Crippen LogP contribution in [-0.2, 0) is 10.1 Å². The number of hydrogen-bond donors (Lipinski definition) is 2. The van der Waals surface area contributed by atoms with E-state index < -0.39 is 15.3 Å². The Bertz CT molecular complexity index is 601.